The number of nitriles is 1. The maximum Gasteiger partial charge on any atom is 0.414 e. The number of nitrogens with zero attached hydrogens (tertiary/aromatic N) is 2. The number of aliphatic carboxylic acids is 2. The van der Waals surface area contributed by atoms with Gasteiger partial charge >= 0.3 is 11.9 Å². The summed E-state index contributed by atoms with van der Waals surface area (Å²) in [4.78, 5) is 22.6. The predicted molar refractivity (Wildman–Crippen MR) is 107 cm³/mol. The van der Waals surface area contributed by atoms with Gasteiger partial charge in [-0.25, -0.2) is 9.59 Å². The van der Waals surface area contributed by atoms with Crippen LogP contribution >= 0.6 is 11.6 Å². The lowest BCUT2D eigenvalue weighted by Gasteiger charge is -2.19. The molecule has 0 bridgehead atoms. The van der Waals surface area contributed by atoms with E-state index in [1.165, 1.54) is 0 Å². The van der Waals surface area contributed by atoms with E-state index < -0.39 is 11.9 Å². The highest BCUT2D eigenvalue weighted by atomic mass is 35.5. The van der Waals surface area contributed by atoms with E-state index in [2.05, 4.69) is 23.3 Å². The molecule has 2 aromatic rings. The SMILES string of the molecule is CCNCCCC(Oc1cc(Cl)ccc1C#N)c1ccccn1.O=C(O)C(=O)O. The van der Waals surface area contributed by atoms with Crippen molar-refractivity contribution >= 4 is 23.5 Å². The van der Waals surface area contributed by atoms with Crippen LogP contribution in [0.3, 0.4) is 0 Å². The number of hydrogen-bond donors (Lipinski definition) is 3. The molecule has 0 aliphatic carbocycles. The second kappa shape index (κ2) is 13.1. The van der Waals surface area contributed by atoms with E-state index in [9.17, 15) is 5.26 Å². The van der Waals surface area contributed by atoms with E-state index in [0.717, 1.165) is 31.6 Å². The van der Waals surface area contributed by atoms with Crippen LogP contribution in [-0.2, 0) is 9.59 Å². The molecule has 0 saturated heterocycles. The fraction of sp³-hybridized carbons (Fsp3) is 0.300. The van der Waals surface area contributed by atoms with Gasteiger partial charge in [-0.1, -0.05) is 24.6 Å². The number of halogens is 1. The van der Waals surface area contributed by atoms with Gasteiger partial charge < -0.3 is 20.3 Å². The lowest BCUT2D eigenvalue weighted by molar-refractivity contribution is -0.159. The molecule has 0 amide bonds. The first-order valence-electron chi connectivity index (χ1n) is 8.83. The van der Waals surface area contributed by atoms with Crippen LogP contribution in [-0.4, -0.2) is 40.2 Å². The summed E-state index contributed by atoms with van der Waals surface area (Å²) < 4.78 is 6.09. The Hall–Kier alpha value is -3.15. The maximum absolute atomic E-state index is 9.24. The standard InChI is InChI=1S/C18H20ClN3O.C2H2O4/c1-2-21-10-5-7-17(16-6-3-4-11-22-16)23-18-12-15(19)9-8-14(18)13-20;3-1(4)2(5)6/h3-4,6,8-9,11-12,17,21H,2,5,7,10H2,1H3;(H,3,4)(H,5,6). The maximum atomic E-state index is 9.24. The van der Waals surface area contributed by atoms with Crippen LogP contribution in [0.15, 0.2) is 42.6 Å². The molecule has 0 aliphatic heterocycles. The van der Waals surface area contributed by atoms with E-state index in [-0.39, 0.29) is 6.10 Å². The van der Waals surface area contributed by atoms with Gasteiger partial charge in [-0.15, -0.1) is 0 Å². The van der Waals surface area contributed by atoms with Gasteiger partial charge in [0.05, 0.1) is 11.3 Å². The minimum absolute atomic E-state index is 0.208. The zero-order valence-electron chi connectivity index (χ0n) is 15.8. The summed E-state index contributed by atoms with van der Waals surface area (Å²) in [7, 11) is 0. The molecule has 3 N–H and O–H groups in total. The molecule has 9 heteroatoms. The normalized spacial score (nSPS) is 10.8. The molecule has 0 radical (unpaired) electrons. The third-order valence-corrected chi connectivity index (χ3v) is 3.84. The minimum Gasteiger partial charge on any atom is -0.483 e. The molecular weight excluding hydrogens is 398 g/mol. The highest BCUT2D eigenvalue weighted by molar-refractivity contribution is 6.30. The molecule has 29 heavy (non-hydrogen) atoms. The van der Waals surface area contributed by atoms with E-state index in [1.807, 2.05) is 18.2 Å². The molecule has 1 heterocycles. The lowest BCUT2D eigenvalue weighted by Crippen LogP contribution is -2.17. The number of aromatic nitrogens is 1. The molecule has 1 unspecified atom stereocenters. The summed E-state index contributed by atoms with van der Waals surface area (Å²) in [6, 6.07) is 12.9. The Balaban J connectivity index is 0.000000612. The predicted octanol–water partition coefficient (Wildman–Crippen LogP) is 3.27. The van der Waals surface area contributed by atoms with Gasteiger partial charge in [0.1, 0.15) is 17.9 Å². The summed E-state index contributed by atoms with van der Waals surface area (Å²) in [5.74, 6) is -3.15. The molecule has 8 nitrogen and oxygen atoms in total. The Kier molecular flexibility index (Phi) is 10.8. The Morgan fingerprint density at radius 3 is 2.55 bits per heavy atom. The van der Waals surface area contributed by atoms with Crippen LogP contribution in [0.1, 0.15) is 37.1 Å². The van der Waals surface area contributed by atoms with Crippen LogP contribution in [0.4, 0.5) is 0 Å². The molecule has 0 fully saturated rings. The Labute approximate surface area is 173 Å². The number of carbonyl (C=O) groups is 2. The van der Waals surface area contributed by atoms with Crippen molar-refractivity contribution in [1.82, 2.24) is 10.3 Å². The Bertz CT molecular complexity index is 828. The number of benzene rings is 1. The molecular formula is C20H22ClN3O5. The molecule has 154 valence electrons. The zero-order valence-corrected chi connectivity index (χ0v) is 16.6. The van der Waals surface area contributed by atoms with Crippen molar-refractivity contribution in [2.45, 2.75) is 25.9 Å². The van der Waals surface area contributed by atoms with Crippen LogP contribution in [0.5, 0.6) is 5.75 Å². The number of ether oxygens (including phenoxy) is 1. The second-order valence-electron chi connectivity index (χ2n) is 5.72. The number of carboxylic acid groups (broad SMARTS) is 2. The van der Waals surface area contributed by atoms with E-state index in [1.54, 1.807) is 24.4 Å². The highest BCUT2D eigenvalue weighted by Gasteiger charge is 2.17. The first-order chi connectivity index (χ1) is 13.9. The quantitative estimate of drug-likeness (QED) is 0.438. The highest BCUT2D eigenvalue weighted by Crippen LogP contribution is 2.29. The van der Waals surface area contributed by atoms with Crippen molar-refractivity contribution in [2.75, 3.05) is 13.1 Å². The monoisotopic (exact) mass is 419 g/mol. The molecule has 2 rings (SSSR count). The van der Waals surface area contributed by atoms with Crippen molar-refractivity contribution in [1.29, 1.82) is 5.26 Å². The van der Waals surface area contributed by atoms with Gasteiger partial charge in [0.25, 0.3) is 0 Å². The first kappa shape index (κ1) is 23.9. The molecule has 1 atom stereocenters. The Morgan fingerprint density at radius 1 is 1.28 bits per heavy atom. The smallest absolute Gasteiger partial charge is 0.414 e. The average Bonchev–Trinajstić information content (AvgIpc) is 2.71. The third kappa shape index (κ3) is 9.06. The molecule has 0 aliphatic rings. The van der Waals surface area contributed by atoms with Crippen LogP contribution in [0.25, 0.3) is 0 Å². The lowest BCUT2D eigenvalue weighted by atomic mass is 10.1. The molecule has 0 saturated carbocycles. The van der Waals surface area contributed by atoms with Crippen molar-refractivity contribution < 1.29 is 24.5 Å². The largest absolute Gasteiger partial charge is 0.483 e. The second-order valence-corrected chi connectivity index (χ2v) is 6.16. The number of carboxylic acids is 2. The Morgan fingerprint density at radius 2 is 2.00 bits per heavy atom. The number of hydrogen-bond acceptors (Lipinski definition) is 6. The summed E-state index contributed by atoms with van der Waals surface area (Å²) >= 11 is 6.03. The fourth-order valence-corrected chi connectivity index (χ4v) is 2.42. The van der Waals surface area contributed by atoms with E-state index in [4.69, 9.17) is 36.1 Å². The summed E-state index contributed by atoms with van der Waals surface area (Å²) in [6.07, 6.45) is 3.30. The van der Waals surface area contributed by atoms with Gasteiger partial charge in [0.2, 0.25) is 0 Å². The van der Waals surface area contributed by atoms with Crippen molar-refractivity contribution in [2.24, 2.45) is 0 Å². The average molecular weight is 420 g/mol. The molecule has 1 aromatic carbocycles. The van der Waals surface area contributed by atoms with Gasteiger partial charge in [-0.2, -0.15) is 5.26 Å². The summed E-state index contributed by atoms with van der Waals surface area (Å²) in [5.41, 5.74) is 1.33. The number of pyridine rings is 1. The summed E-state index contributed by atoms with van der Waals surface area (Å²) in [6.45, 7) is 3.95. The number of rotatable bonds is 8. The van der Waals surface area contributed by atoms with Crippen molar-refractivity contribution in [3.8, 4) is 11.8 Å². The summed E-state index contributed by atoms with van der Waals surface area (Å²) in [5, 5.41) is 27.9. The van der Waals surface area contributed by atoms with Crippen LogP contribution in [0, 0.1) is 11.3 Å². The zero-order chi connectivity index (χ0) is 21.6. The molecule has 1 aromatic heterocycles. The minimum atomic E-state index is -1.82. The van der Waals surface area contributed by atoms with Gasteiger partial charge in [-0.3, -0.25) is 4.98 Å². The van der Waals surface area contributed by atoms with Crippen molar-refractivity contribution in [3.05, 3.63) is 58.9 Å². The number of nitrogens with one attached hydrogen (secondary N) is 1. The first-order valence-corrected chi connectivity index (χ1v) is 9.21. The van der Waals surface area contributed by atoms with E-state index >= 15 is 0 Å². The van der Waals surface area contributed by atoms with Crippen LogP contribution in [0.2, 0.25) is 5.02 Å². The van der Waals surface area contributed by atoms with Gasteiger partial charge in [0.15, 0.2) is 0 Å². The topological polar surface area (TPSA) is 133 Å². The van der Waals surface area contributed by atoms with Crippen molar-refractivity contribution in [3.63, 3.8) is 0 Å². The van der Waals surface area contributed by atoms with Gasteiger partial charge in [0, 0.05) is 17.3 Å². The van der Waals surface area contributed by atoms with Gasteiger partial charge in [-0.05, 0) is 50.2 Å². The fourth-order valence-electron chi connectivity index (χ4n) is 2.26. The third-order valence-electron chi connectivity index (χ3n) is 3.60. The van der Waals surface area contributed by atoms with E-state index in [0.29, 0.717) is 16.3 Å². The van der Waals surface area contributed by atoms with Crippen LogP contribution < -0.4 is 10.1 Å². The molecule has 0 spiro atoms.